The Labute approximate surface area is 168 Å². The van der Waals surface area contributed by atoms with Gasteiger partial charge in [-0.25, -0.2) is 9.59 Å². The van der Waals surface area contributed by atoms with Crippen LogP contribution in [-0.4, -0.2) is 49.1 Å². The van der Waals surface area contributed by atoms with Gasteiger partial charge in [-0.3, -0.25) is 20.2 Å². The maximum atomic E-state index is 12.2. The normalized spacial score (nSPS) is 15.9. The highest BCUT2D eigenvalue weighted by atomic mass is 16.6. The number of carbonyl (C=O) groups is 3. The van der Waals surface area contributed by atoms with Crippen LogP contribution in [0.2, 0.25) is 0 Å². The van der Waals surface area contributed by atoms with E-state index in [4.69, 9.17) is 4.74 Å². The van der Waals surface area contributed by atoms with E-state index in [0.29, 0.717) is 24.7 Å². The lowest BCUT2D eigenvalue weighted by molar-refractivity contribution is -0.384. The number of anilines is 1. The Kier molecular flexibility index (Phi) is 7.70. The number of carbonyl (C=O) groups excluding carboxylic acids is 3. The first kappa shape index (κ1) is 21.9. The van der Waals surface area contributed by atoms with Gasteiger partial charge in [-0.05, 0) is 30.9 Å². The van der Waals surface area contributed by atoms with Gasteiger partial charge in [0.2, 0.25) is 0 Å². The van der Waals surface area contributed by atoms with Gasteiger partial charge in [0.05, 0.1) is 10.5 Å². The molecular formula is C19H24N4O6. The van der Waals surface area contributed by atoms with Gasteiger partial charge >= 0.3 is 12.0 Å². The topological polar surface area (TPSA) is 131 Å². The Morgan fingerprint density at radius 2 is 2.17 bits per heavy atom. The number of hydrogen-bond acceptors (Lipinski definition) is 7. The van der Waals surface area contributed by atoms with Gasteiger partial charge in [0.1, 0.15) is 5.69 Å². The highest BCUT2D eigenvalue weighted by molar-refractivity contribution is 5.97. The fourth-order valence-electron chi connectivity index (χ4n) is 3.06. The lowest BCUT2D eigenvalue weighted by Crippen LogP contribution is -2.41. The van der Waals surface area contributed by atoms with Crippen LogP contribution in [0.25, 0.3) is 0 Å². The van der Waals surface area contributed by atoms with Crippen LogP contribution in [0, 0.1) is 16.0 Å². The molecule has 156 valence electrons. The quantitative estimate of drug-likeness (QED) is 0.307. The number of rotatable bonds is 7. The van der Waals surface area contributed by atoms with Crippen molar-refractivity contribution >= 4 is 29.3 Å². The van der Waals surface area contributed by atoms with Crippen molar-refractivity contribution < 1.29 is 24.0 Å². The summed E-state index contributed by atoms with van der Waals surface area (Å²) in [7, 11) is 0. The highest BCUT2D eigenvalue weighted by Gasteiger charge is 2.25. The van der Waals surface area contributed by atoms with Crippen LogP contribution < -0.4 is 15.5 Å². The molecule has 1 aliphatic rings. The first-order chi connectivity index (χ1) is 13.8. The number of nitro benzene ring substituents is 1. The summed E-state index contributed by atoms with van der Waals surface area (Å²) < 4.78 is 4.85. The molecule has 0 spiro atoms. The zero-order valence-corrected chi connectivity index (χ0v) is 16.2. The van der Waals surface area contributed by atoms with Crippen LogP contribution >= 0.6 is 0 Å². The van der Waals surface area contributed by atoms with E-state index in [1.165, 1.54) is 18.2 Å². The maximum absolute atomic E-state index is 12.2. The van der Waals surface area contributed by atoms with Crippen LogP contribution in [0.3, 0.4) is 0 Å². The number of esters is 1. The molecule has 10 heteroatoms. The van der Waals surface area contributed by atoms with E-state index in [1.807, 2.05) is 10.2 Å². The molecule has 0 saturated carbocycles. The zero-order chi connectivity index (χ0) is 21.4. The molecule has 0 bridgehead atoms. The minimum Gasteiger partial charge on any atom is -0.452 e. The van der Waals surface area contributed by atoms with E-state index in [9.17, 15) is 24.5 Å². The van der Waals surface area contributed by atoms with Gasteiger partial charge in [-0.1, -0.05) is 13.0 Å². The first-order valence-corrected chi connectivity index (χ1v) is 9.21. The molecular weight excluding hydrogens is 380 g/mol. The fourth-order valence-corrected chi connectivity index (χ4v) is 3.06. The second-order valence-electron chi connectivity index (χ2n) is 6.78. The summed E-state index contributed by atoms with van der Waals surface area (Å²) in [4.78, 5) is 48.1. The smallest absolute Gasteiger partial charge is 0.338 e. The SMILES string of the molecule is C=CCNC(=O)NC(=O)COC(=O)c1ccc(N2CCCC(C)C2)c([N+](=O)[O-])c1. The molecule has 0 aromatic heterocycles. The summed E-state index contributed by atoms with van der Waals surface area (Å²) in [6.45, 7) is 6.40. The van der Waals surface area contributed by atoms with Gasteiger partial charge in [0, 0.05) is 25.7 Å². The molecule has 1 fully saturated rings. The van der Waals surface area contributed by atoms with E-state index in [1.54, 1.807) is 0 Å². The number of urea groups is 1. The number of ether oxygens (including phenoxy) is 1. The summed E-state index contributed by atoms with van der Waals surface area (Å²) >= 11 is 0. The molecule has 2 rings (SSSR count). The standard InChI is InChI=1S/C19H24N4O6/c1-3-8-20-19(26)21-17(24)12-29-18(25)14-6-7-15(16(10-14)23(27)28)22-9-4-5-13(2)11-22/h3,6-7,10,13H,1,4-5,8-9,11-12H2,2H3,(H2,20,21,24,26). The largest absolute Gasteiger partial charge is 0.452 e. The third-order valence-electron chi connectivity index (χ3n) is 4.40. The molecule has 1 saturated heterocycles. The zero-order valence-electron chi connectivity index (χ0n) is 16.2. The second kappa shape index (κ2) is 10.2. The Bertz CT molecular complexity index is 810. The Balaban J connectivity index is 2.02. The van der Waals surface area contributed by atoms with Crippen molar-refractivity contribution in [2.24, 2.45) is 5.92 Å². The van der Waals surface area contributed by atoms with Crippen LogP contribution in [0.4, 0.5) is 16.2 Å². The molecule has 29 heavy (non-hydrogen) atoms. The lowest BCUT2D eigenvalue weighted by atomic mass is 9.99. The molecule has 2 N–H and O–H groups in total. The molecule has 0 radical (unpaired) electrons. The van der Waals surface area contributed by atoms with Crippen LogP contribution in [0.5, 0.6) is 0 Å². The average Bonchev–Trinajstić information content (AvgIpc) is 2.70. The van der Waals surface area contributed by atoms with Gasteiger partial charge in [0.15, 0.2) is 6.61 Å². The van der Waals surface area contributed by atoms with E-state index in [2.05, 4.69) is 18.8 Å². The molecule has 1 aromatic carbocycles. The molecule has 1 heterocycles. The Morgan fingerprint density at radius 1 is 1.41 bits per heavy atom. The molecule has 1 unspecified atom stereocenters. The number of nitro groups is 1. The molecule has 1 aliphatic heterocycles. The molecule has 1 aromatic rings. The van der Waals surface area contributed by atoms with Crippen LogP contribution in [-0.2, 0) is 9.53 Å². The number of amides is 3. The number of piperidine rings is 1. The van der Waals surface area contributed by atoms with E-state index in [-0.39, 0.29) is 17.8 Å². The number of benzene rings is 1. The van der Waals surface area contributed by atoms with Crippen LogP contribution in [0.15, 0.2) is 30.9 Å². The Morgan fingerprint density at radius 3 is 2.83 bits per heavy atom. The first-order valence-electron chi connectivity index (χ1n) is 9.21. The van der Waals surface area contributed by atoms with E-state index >= 15 is 0 Å². The summed E-state index contributed by atoms with van der Waals surface area (Å²) in [5, 5.41) is 15.8. The maximum Gasteiger partial charge on any atom is 0.338 e. The van der Waals surface area contributed by atoms with E-state index in [0.717, 1.165) is 18.9 Å². The van der Waals surface area contributed by atoms with Gasteiger partial charge < -0.3 is 15.0 Å². The summed E-state index contributed by atoms with van der Waals surface area (Å²) in [5.74, 6) is -1.29. The van der Waals surface area contributed by atoms with Crippen molar-refractivity contribution in [3.63, 3.8) is 0 Å². The van der Waals surface area contributed by atoms with Crippen molar-refractivity contribution in [1.82, 2.24) is 10.6 Å². The number of imide groups is 1. The average molecular weight is 404 g/mol. The van der Waals surface area contributed by atoms with Gasteiger partial charge in [-0.15, -0.1) is 6.58 Å². The van der Waals surface area contributed by atoms with Crippen molar-refractivity contribution in [1.29, 1.82) is 0 Å². The Hall–Kier alpha value is -3.43. The number of nitrogens with zero attached hydrogens (tertiary/aromatic N) is 2. The monoisotopic (exact) mass is 404 g/mol. The number of hydrogen-bond donors (Lipinski definition) is 2. The molecule has 0 aliphatic carbocycles. The lowest BCUT2D eigenvalue weighted by Gasteiger charge is -2.32. The second-order valence-corrected chi connectivity index (χ2v) is 6.78. The third kappa shape index (κ3) is 6.30. The predicted octanol–water partition coefficient (Wildman–Crippen LogP) is 2.00. The third-order valence-corrected chi connectivity index (χ3v) is 4.40. The minimum absolute atomic E-state index is 0.0468. The van der Waals surface area contributed by atoms with Crippen molar-refractivity contribution in [3.05, 3.63) is 46.5 Å². The highest BCUT2D eigenvalue weighted by Crippen LogP contribution is 2.32. The predicted molar refractivity (Wildman–Crippen MR) is 106 cm³/mol. The van der Waals surface area contributed by atoms with E-state index < -0.39 is 29.4 Å². The van der Waals surface area contributed by atoms with Crippen molar-refractivity contribution in [3.8, 4) is 0 Å². The molecule has 10 nitrogen and oxygen atoms in total. The summed E-state index contributed by atoms with van der Waals surface area (Å²) in [5.41, 5.74) is 0.214. The molecule has 3 amide bonds. The van der Waals surface area contributed by atoms with Gasteiger partial charge in [-0.2, -0.15) is 0 Å². The van der Waals surface area contributed by atoms with Gasteiger partial charge in [0.25, 0.3) is 11.6 Å². The summed E-state index contributed by atoms with van der Waals surface area (Å²) in [6.07, 6.45) is 3.45. The number of nitrogens with one attached hydrogen (secondary N) is 2. The minimum atomic E-state index is -0.895. The fraction of sp³-hybridized carbons (Fsp3) is 0.421. The van der Waals surface area contributed by atoms with Crippen molar-refractivity contribution in [2.75, 3.05) is 31.1 Å². The molecule has 1 atom stereocenters. The summed E-state index contributed by atoms with van der Waals surface area (Å²) in [6, 6.07) is 3.35. The van der Waals surface area contributed by atoms with Crippen LogP contribution in [0.1, 0.15) is 30.1 Å². The van der Waals surface area contributed by atoms with Crippen molar-refractivity contribution in [2.45, 2.75) is 19.8 Å².